The van der Waals surface area contributed by atoms with Crippen LogP contribution in [0.25, 0.3) is 11.0 Å². The molecule has 130 valence electrons. The van der Waals surface area contributed by atoms with Gasteiger partial charge in [-0.25, -0.2) is 4.98 Å². The van der Waals surface area contributed by atoms with Crippen molar-refractivity contribution in [3.63, 3.8) is 0 Å². The predicted octanol–water partition coefficient (Wildman–Crippen LogP) is 3.95. The maximum absolute atomic E-state index is 12.6. The van der Waals surface area contributed by atoms with Crippen molar-refractivity contribution in [2.45, 2.75) is 25.7 Å². The zero-order valence-corrected chi connectivity index (χ0v) is 14.7. The summed E-state index contributed by atoms with van der Waals surface area (Å²) in [6.45, 7) is 4.11. The van der Waals surface area contributed by atoms with Crippen LogP contribution in [-0.2, 0) is 0 Å². The number of fused-ring (bicyclic) bond motifs is 1. The Bertz CT molecular complexity index is 1040. The smallest absolute Gasteiger partial charge is 0.279 e. The van der Waals surface area contributed by atoms with Gasteiger partial charge in [-0.15, -0.1) is 0 Å². The molecule has 0 atom stereocenters. The predicted molar refractivity (Wildman–Crippen MR) is 102 cm³/mol. The fourth-order valence-corrected chi connectivity index (χ4v) is 3.28. The number of benzene rings is 2. The molecular weight excluding hydrogens is 324 g/mol. The lowest BCUT2D eigenvalue weighted by molar-refractivity contribution is 0.811. The molecule has 26 heavy (non-hydrogen) atoms. The number of aromatic amines is 2. The number of rotatable bonds is 4. The molecular formula is C21H20N4O. The number of H-pyrrole nitrogens is 2. The summed E-state index contributed by atoms with van der Waals surface area (Å²) in [6.07, 6.45) is 0. The van der Waals surface area contributed by atoms with Crippen LogP contribution in [0.15, 0.2) is 65.5 Å². The van der Waals surface area contributed by atoms with E-state index < -0.39 is 0 Å². The Morgan fingerprint density at radius 1 is 0.846 bits per heavy atom. The molecule has 0 unspecified atom stereocenters. The molecule has 0 fully saturated rings. The summed E-state index contributed by atoms with van der Waals surface area (Å²) < 4.78 is 0. The quantitative estimate of drug-likeness (QED) is 0.589. The van der Waals surface area contributed by atoms with Gasteiger partial charge >= 0.3 is 0 Å². The van der Waals surface area contributed by atoms with Crippen LogP contribution >= 0.6 is 0 Å². The van der Waals surface area contributed by atoms with E-state index in [1.165, 1.54) is 0 Å². The second kappa shape index (κ2) is 6.59. The first-order valence-corrected chi connectivity index (χ1v) is 8.73. The Labute approximate surface area is 151 Å². The van der Waals surface area contributed by atoms with E-state index in [0.717, 1.165) is 16.8 Å². The zero-order chi connectivity index (χ0) is 18.1. The minimum Gasteiger partial charge on any atom is -0.308 e. The van der Waals surface area contributed by atoms with E-state index in [0.29, 0.717) is 16.9 Å². The SMILES string of the molecule is CC(C)c1[nH]nc2c(=O)[nH]c(C(c3ccccc3)c3ccccc3)nc12. The molecule has 0 saturated carbocycles. The highest BCUT2D eigenvalue weighted by molar-refractivity contribution is 5.76. The summed E-state index contributed by atoms with van der Waals surface area (Å²) in [6, 6.07) is 20.2. The van der Waals surface area contributed by atoms with Crippen LogP contribution in [0.5, 0.6) is 0 Å². The standard InChI is InChI=1S/C21H20N4O/c1-13(2)17-18-19(25-24-17)21(26)23-20(22-18)16(14-9-5-3-6-10-14)15-11-7-4-8-12-15/h3-13,16H,1-2H3,(H,24,25)(H,22,23,26). The van der Waals surface area contributed by atoms with E-state index >= 15 is 0 Å². The minimum atomic E-state index is -0.218. The molecule has 0 aliphatic heterocycles. The van der Waals surface area contributed by atoms with Crippen LogP contribution in [-0.4, -0.2) is 20.2 Å². The Hall–Kier alpha value is -3.21. The van der Waals surface area contributed by atoms with Gasteiger partial charge in [0.2, 0.25) is 0 Å². The van der Waals surface area contributed by atoms with Gasteiger partial charge in [0, 0.05) is 0 Å². The van der Waals surface area contributed by atoms with E-state index in [1.54, 1.807) is 0 Å². The molecule has 0 amide bonds. The van der Waals surface area contributed by atoms with Gasteiger partial charge < -0.3 is 4.98 Å². The van der Waals surface area contributed by atoms with Gasteiger partial charge in [0.15, 0.2) is 5.52 Å². The lowest BCUT2D eigenvalue weighted by Crippen LogP contribution is -2.16. The third-order valence-electron chi connectivity index (χ3n) is 4.57. The summed E-state index contributed by atoms with van der Waals surface area (Å²) in [7, 11) is 0. The van der Waals surface area contributed by atoms with Crippen molar-refractivity contribution in [3.05, 3.63) is 93.7 Å². The fourth-order valence-electron chi connectivity index (χ4n) is 3.28. The van der Waals surface area contributed by atoms with Crippen molar-refractivity contribution in [1.82, 2.24) is 20.2 Å². The molecule has 4 rings (SSSR count). The summed E-state index contributed by atoms with van der Waals surface area (Å²) >= 11 is 0. The van der Waals surface area contributed by atoms with Crippen LogP contribution in [0.1, 0.15) is 48.3 Å². The second-order valence-electron chi connectivity index (χ2n) is 6.69. The minimum absolute atomic E-state index is 0.149. The van der Waals surface area contributed by atoms with Crippen molar-refractivity contribution in [1.29, 1.82) is 0 Å². The summed E-state index contributed by atoms with van der Waals surface area (Å²) in [5.74, 6) is 0.682. The molecule has 0 spiro atoms. The molecule has 0 saturated heterocycles. The van der Waals surface area contributed by atoms with E-state index in [4.69, 9.17) is 4.98 Å². The van der Waals surface area contributed by atoms with Gasteiger partial charge in [0.25, 0.3) is 5.56 Å². The van der Waals surface area contributed by atoms with Gasteiger partial charge in [0.05, 0.1) is 11.6 Å². The lowest BCUT2D eigenvalue weighted by atomic mass is 9.90. The van der Waals surface area contributed by atoms with Crippen LogP contribution in [0, 0.1) is 0 Å². The molecule has 2 aromatic carbocycles. The van der Waals surface area contributed by atoms with Crippen molar-refractivity contribution in [3.8, 4) is 0 Å². The van der Waals surface area contributed by atoms with Gasteiger partial charge in [-0.2, -0.15) is 5.10 Å². The molecule has 5 heteroatoms. The normalized spacial score (nSPS) is 11.5. The zero-order valence-electron chi connectivity index (χ0n) is 14.7. The third kappa shape index (κ3) is 2.81. The van der Waals surface area contributed by atoms with Crippen LogP contribution in [0.3, 0.4) is 0 Å². The lowest BCUT2D eigenvalue weighted by Gasteiger charge is -2.17. The maximum atomic E-state index is 12.6. The Morgan fingerprint density at radius 3 is 1.96 bits per heavy atom. The highest BCUT2D eigenvalue weighted by Gasteiger charge is 2.22. The van der Waals surface area contributed by atoms with Crippen molar-refractivity contribution >= 4 is 11.0 Å². The number of hydrogen-bond donors (Lipinski definition) is 2. The molecule has 5 nitrogen and oxygen atoms in total. The molecule has 0 bridgehead atoms. The topological polar surface area (TPSA) is 74.4 Å². The van der Waals surface area contributed by atoms with Crippen LogP contribution < -0.4 is 5.56 Å². The maximum Gasteiger partial charge on any atom is 0.279 e. The Balaban J connectivity index is 1.97. The van der Waals surface area contributed by atoms with Crippen LogP contribution in [0.4, 0.5) is 0 Å². The van der Waals surface area contributed by atoms with Crippen molar-refractivity contribution in [2.75, 3.05) is 0 Å². The average Bonchev–Trinajstić information content (AvgIpc) is 3.09. The highest BCUT2D eigenvalue weighted by atomic mass is 16.1. The highest BCUT2D eigenvalue weighted by Crippen LogP contribution is 2.30. The Kier molecular flexibility index (Phi) is 4.13. The van der Waals surface area contributed by atoms with Crippen molar-refractivity contribution in [2.24, 2.45) is 0 Å². The molecule has 4 aromatic rings. The van der Waals surface area contributed by atoms with E-state index in [1.807, 2.05) is 36.4 Å². The third-order valence-corrected chi connectivity index (χ3v) is 4.57. The van der Waals surface area contributed by atoms with Crippen molar-refractivity contribution < 1.29 is 0 Å². The average molecular weight is 344 g/mol. The van der Waals surface area contributed by atoms with Gasteiger partial charge in [-0.3, -0.25) is 9.89 Å². The van der Waals surface area contributed by atoms with E-state index in [-0.39, 0.29) is 17.4 Å². The number of aromatic nitrogens is 4. The molecule has 2 heterocycles. The molecule has 0 radical (unpaired) electrons. The molecule has 0 aliphatic carbocycles. The first-order valence-electron chi connectivity index (χ1n) is 8.73. The first-order chi connectivity index (χ1) is 12.6. The number of nitrogens with zero attached hydrogens (tertiary/aromatic N) is 2. The van der Waals surface area contributed by atoms with Gasteiger partial charge in [0.1, 0.15) is 11.3 Å². The molecule has 2 N–H and O–H groups in total. The first kappa shape index (κ1) is 16.3. The molecule has 0 aliphatic rings. The summed E-state index contributed by atoms with van der Waals surface area (Å²) in [5, 5.41) is 7.12. The monoisotopic (exact) mass is 344 g/mol. The van der Waals surface area contributed by atoms with E-state index in [2.05, 4.69) is 53.3 Å². The second-order valence-corrected chi connectivity index (χ2v) is 6.69. The van der Waals surface area contributed by atoms with Gasteiger partial charge in [-0.1, -0.05) is 74.5 Å². The van der Waals surface area contributed by atoms with Gasteiger partial charge in [-0.05, 0) is 17.0 Å². The fraction of sp³-hybridized carbons (Fsp3) is 0.190. The summed E-state index contributed by atoms with van der Waals surface area (Å²) in [5.41, 5.74) is 3.83. The number of nitrogens with one attached hydrogen (secondary N) is 2. The summed E-state index contributed by atoms with van der Waals surface area (Å²) in [4.78, 5) is 20.4. The molecule has 2 aromatic heterocycles. The number of hydrogen-bond acceptors (Lipinski definition) is 3. The van der Waals surface area contributed by atoms with Crippen LogP contribution in [0.2, 0.25) is 0 Å². The largest absolute Gasteiger partial charge is 0.308 e. The Morgan fingerprint density at radius 2 is 1.42 bits per heavy atom. The van der Waals surface area contributed by atoms with E-state index in [9.17, 15) is 4.79 Å².